The normalized spacial score (nSPS) is 13.4. The minimum Gasteiger partial charge on any atom is -0.308 e. The lowest BCUT2D eigenvalue weighted by Gasteiger charge is -2.22. The highest BCUT2D eigenvalue weighted by Crippen LogP contribution is 2.10. The molecule has 0 amide bonds. The van der Waals surface area contributed by atoms with Gasteiger partial charge in [0.15, 0.2) is 0 Å². The zero-order valence-corrected chi connectivity index (χ0v) is 11.6. The summed E-state index contributed by atoms with van der Waals surface area (Å²) >= 11 is 0. The monoisotopic (exact) mass is 236 g/mol. The Morgan fingerprint density at radius 3 is 2.47 bits per heavy atom. The molecule has 0 fully saturated rings. The maximum atomic E-state index is 4.37. The molecule has 0 bridgehead atoms. The van der Waals surface area contributed by atoms with E-state index in [0.29, 0.717) is 6.04 Å². The number of nitrogens with zero attached hydrogens (tertiary/aromatic N) is 3. The first-order valence-electron chi connectivity index (χ1n) is 6.23. The molecule has 0 saturated carbocycles. The third-order valence-corrected chi connectivity index (χ3v) is 3.13. The quantitative estimate of drug-likeness (QED) is 0.817. The van der Waals surface area contributed by atoms with Gasteiger partial charge in [0.05, 0.1) is 11.4 Å². The van der Waals surface area contributed by atoms with E-state index < -0.39 is 0 Å². The number of hydrogen-bond acceptors (Lipinski definition) is 4. The van der Waals surface area contributed by atoms with Gasteiger partial charge < -0.3 is 10.2 Å². The van der Waals surface area contributed by atoms with Crippen LogP contribution in [0.2, 0.25) is 0 Å². The van der Waals surface area contributed by atoms with Crippen LogP contribution in [0.3, 0.4) is 0 Å². The summed E-state index contributed by atoms with van der Waals surface area (Å²) in [6.07, 6.45) is 3.48. The second-order valence-electron chi connectivity index (χ2n) is 4.78. The molecule has 1 unspecified atom stereocenters. The second kappa shape index (κ2) is 6.67. The maximum absolute atomic E-state index is 4.37. The lowest BCUT2D eigenvalue weighted by Crippen LogP contribution is -2.34. The average molecular weight is 236 g/mol. The Kier molecular flexibility index (Phi) is 5.51. The minimum atomic E-state index is 0.254. The van der Waals surface area contributed by atoms with Crippen molar-refractivity contribution in [3.8, 4) is 0 Å². The highest BCUT2D eigenvalue weighted by Gasteiger charge is 2.10. The fourth-order valence-corrected chi connectivity index (χ4v) is 1.66. The van der Waals surface area contributed by atoms with Crippen LogP contribution in [0, 0.1) is 6.92 Å². The van der Waals surface area contributed by atoms with E-state index in [9.17, 15) is 0 Å². The molecule has 1 N–H and O–H groups in total. The van der Waals surface area contributed by atoms with E-state index in [0.717, 1.165) is 24.5 Å². The molecule has 0 aliphatic carbocycles. The molecule has 0 radical (unpaired) electrons. The van der Waals surface area contributed by atoms with Gasteiger partial charge in [0.1, 0.15) is 0 Å². The Hall–Kier alpha value is -1.00. The standard InChI is InChI=1S/C13H24N4/c1-10(2)17(5)9-8-15-12(4)13-11(3)14-6-7-16-13/h6-7,10,12,15H,8-9H2,1-5H3. The molecule has 0 aliphatic rings. The van der Waals surface area contributed by atoms with Crippen molar-refractivity contribution in [2.45, 2.75) is 39.8 Å². The van der Waals surface area contributed by atoms with Crippen LogP contribution in [0.25, 0.3) is 0 Å². The lowest BCUT2D eigenvalue weighted by molar-refractivity contribution is 0.269. The molecule has 1 atom stereocenters. The second-order valence-corrected chi connectivity index (χ2v) is 4.78. The number of aromatic nitrogens is 2. The Balaban J connectivity index is 2.40. The van der Waals surface area contributed by atoms with Crippen LogP contribution in [-0.4, -0.2) is 41.0 Å². The summed E-state index contributed by atoms with van der Waals surface area (Å²) in [6.45, 7) is 10.5. The molecule has 1 aromatic heterocycles. The minimum absolute atomic E-state index is 0.254. The number of nitrogens with one attached hydrogen (secondary N) is 1. The number of aryl methyl sites for hydroxylation is 1. The first-order valence-corrected chi connectivity index (χ1v) is 6.23. The molecule has 1 heterocycles. The van der Waals surface area contributed by atoms with Crippen LogP contribution < -0.4 is 5.32 Å². The van der Waals surface area contributed by atoms with Crippen molar-refractivity contribution in [3.63, 3.8) is 0 Å². The van der Waals surface area contributed by atoms with Gasteiger partial charge in [-0.15, -0.1) is 0 Å². The predicted octanol–water partition coefficient (Wildman–Crippen LogP) is 1.78. The molecule has 4 nitrogen and oxygen atoms in total. The predicted molar refractivity (Wildman–Crippen MR) is 71.0 cm³/mol. The van der Waals surface area contributed by atoms with E-state index in [-0.39, 0.29) is 6.04 Å². The van der Waals surface area contributed by atoms with Crippen LogP contribution in [-0.2, 0) is 0 Å². The number of hydrogen-bond donors (Lipinski definition) is 1. The summed E-state index contributed by atoms with van der Waals surface area (Å²) in [4.78, 5) is 11.0. The fourth-order valence-electron chi connectivity index (χ4n) is 1.66. The molecule has 1 rings (SSSR count). The molecular formula is C13H24N4. The molecule has 0 saturated heterocycles. The van der Waals surface area contributed by atoms with Crippen molar-refractivity contribution in [2.75, 3.05) is 20.1 Å². The van der Waals surface area contributed by atoms with Crippen LogP contribution in [0.4, 0.5) is 0 Å². The van der Waals surface area contributed by atoms with Gasteiger partial charge in [-0.25, -0.2) is 0 Å². The smallest absolute Gasteiger partial charge is 0.0782 e. The summed E-state index contributed by atoms with van der Waals surface area (Å²) in [5.41, 5.74) is 2.05. The summed E-state index contributed by atoms with van der Waals surface area (Å²) in [5, 5.41) is 3.48. The van der Waals surface area contributed by atoms with Gasteiger partial charge in [0.2, 0.25) is 0 Å². The zero-order valence-electron chi connectivity index (χ0n) is 11.6. The Morgan fingerprint density at radius 1 is 1.24 bits per heavy atom. The summed E-state index contributed by atoms with van der Waals surface area (Å²) in [6, 6.07) is 0.842. The van der Waals surface area contributed by atoms with Gasteiger partial charge in [-0.1, -0.05) is 0 Å². The Labute approximate surface area is 104 Å². The van der Waals surface area contributed by atoms with Crippen molar-refractivity contribution >= 4 is 0 Å². The largest absolute Gasteiger partial charge is 0.308 e. The third kappa shape index (κ3) is 4.40. The summed E-state index contributed by atoms with van der Waals surface area (Å²) in [5.74, 6) is 0. The summed E-state index contributed by atoms with van der Waals surface area (Å²) < 4.78 is 0. The number of likely N-dealkylation sites (N-methyl/N-ethyl adjacent to an activating group) is 1. The fraction of sp³-hybridized carbons (Fsp3) is 0.692. The Bertz CT molecular complexity index is 338. The van der Waals surface area contributed by atoms with E-state index in [1.165, 1.54) is 0 Å². The molecule has 0 spiro atoms. The molecule has 0 aromatic carbocycles. The van der Waals surface area contributed by atoms with Gasteiger partial charge in [-0.2, -0.15) is 0 Å². The van der Waals surface area contributed by atoms with Gasteiger partial charge in [0.25, 0.3) is 0 Å². The molecule has 96 valence electrons. The lowest BCUT2D eigenvalue weighted by atomic mass is 10.2. The van der Waals surface area contributed by atoms with E-state index in [1.54, 1.807) is 12.4 Å². The molecule has 17 heavy (non-hydrogen) atoms. The van der Waals surface area contributed by atoms with Crippen molar-refractivity contribution in [1.29, 1.82) is 0 Å². The molecule has 4 heteroatoms. The van der Waals surface area contributed by atoms with Crippen LogP contribution >= 0.6 is 0 Å². The molecule has 0 aliphatic heterocycles. The first kappa shape index (κ1) is 14.1. The van der Waals surface area contributed by atoms with Gasteiger partial charge in [-0.3, -0.25) is 9.97 Å². The van der Waals surface area contributed by atoms with Gasteiger partial charge in [-0.05, 0) is 34.7 Å². The van der Waals surface area contributed by atoms with Gasteiger partial charge >= 0.3 is 0 Å². The topological polar surface area (TPSA) is 41.1 Å². The van der Waals surface area contributed by atoms with Crippen LogP contribution in [0.1, 0.15) is 38.2 Å². The van der Waals surface area contributed by atoms with Gasteiger partial charge in [0, 0.05) is 37.6 Å². The van der Waals surface area contributed by atoms with E-state index in [4.69, 9.17) is 0 Å². The maximum Gasteiger partial charge on any atom is 0.0782 e. The molecular weight excluding hydrogens is 212 g/mol. The van der Waals surface area contributed by atoms with Crippen LogP contribution in [0.5, 0.6) is 0 Å². The third-order valence-electron chi connectivity index (χ3n) is 3.13. The van der Waals surface area contributed by atoms with E-state index in [2.05, 4.69) is 48.0 Å². The summed E-state index contributed by atoms with van der Waals surface area (Å²) in [7, 11) is 2.14. The van der Waals surface area contributed by atoms with Crippen molar-refractivity contribution < 1.29 is 0 Å². The highest BCUT2D eigenvalue weighted by atomic mass is 15.1. The van der Waals surface area contributed by atoms with Crippen molar-refractivity contribution in [3.05, 3.63) is 23.8 Å². The highest BCUT2D eigenvalue weighted by molar-refractivity contribution is 5.12. The Morgan fingerprint density at radius 2 is 1.88 bits per heavy atom. The van der Waals surface area contributed by atoms with Crippen LogP contribution in [0.15, 0.2) is 12.4 Å². The van der Waals surface area contributed by atoms with Crippen molar-refractivity contribution in [2.24, 2.45) is 0 Å². The zero-order chi connectivity index (χ0) is 12.8. The van der Waals surface area contributed by atoms with Crippen molar-refractivity contribution in [1.82, 2.24) is 20.2 Å². The van der Waals surface area contributed by atoms with E-state index in [1.807, 2.05) is 6.92 Å². The average Bonchev–Trinajstić information content (AvgIpc) is 2.29. The molecule has 1 aromatic rings. The number of rotatable bonds is 6. The first-order chi connectivity index (χ1) is 8.02. The SMILES string of the molecule is Cc1nccnc1C(C)NCCN(C)C(C)C. The van der Waals surface area contributed by atoms with E-state index >= 15 is 0 Å².